The van der Waals surface area contributed by atoms with Crippen LogP contribution < -0.4 is 5.73 Å². The summed E-state index contributed by atoms with van der Waals surface area (Å²) < 4.78 is 42.4. The maximum atomic E-state index is 12.6. The summed E-state index contributed by atoms with van der Waals surface area (Å²) in [5.41, 5.74) is 4.04. The molecule has 0 aliphatic rings. The zero-order valence-electron chi connectivity index (χ0n) is 9.00. The van der Waals surface area contributed by atoms with E-state index in [1.54, 1.807) is 0 Å². The van der Waals surface area contributed by atoms with Crippen LogP contribution in [0, 0.1) is 0 Å². The van der Waals surface area contributed by atoms with Gasteiger partial charge in [0.1, 0.15) is 4.88 Å². The second-order valence-electron chi connectivity index (χ2n) is 3.04. The Morgan fingerprint density at radius 1 is 1.53 bits per heavy atom. The van der Waals surface area contributed by atoms with Crippen molar-refractivity contribution < 1.29 is 22.7 Å². The topological polar surface area (TPSA) is 65.2 Å². The zero-order chi connectivity index (χ0) is 13.1. The molecule has 1 aromatic heterocycles. The molecule has 4 nitrogen and oxygen atoms in total. The summed E-state index contributed by atoms with van der Waals surface area (Å²) in [6.45, 7) is 1.71. The third kappa shape index (κ3) is 3.40. The molecule has 17 heavy (non-hydrogen) atoms. The quantitative estimate of drug-likeness (QED) is 0.846. The van der Waals surface area contributed by atoms with Crippen molar-refractivity contribution in [1.82, 2.24) is 4.98 Å². The van der Waals surface area contributed by atoms with Crippen molar-refractivity contribution in [3.63, 3.8) is 0 Å². The molecule has 0 saturated heterocycles. The molecule has 0 radical (unpaired) electrons. The first-order chi connectivity index (χ1) is 7.90. The van der Waals surface area contributed by atoms with Crippen LogP contribution in [0.25, 0.3) is 0 Å². The van der Waals surface area contributed by atoms with Gasteiger partial charge in [-0.15, -0.1) is 11.3 Å². The van der Waals surface area contributed by atoms with Crippen LogP contribution in [0.1, 0.15) is 27.3 Å². The molecule has 0 aliphatic heterocycles. The fourth-order valence-electron chi connectivity index (χ4n) is 1.12. The molecular weight excluding hydrogens is 257 g/mol. The number of halogens is 3. The molecule has 0 aliphatic carbocycles. The van der Waals surface area contributed by atoms with E-state index in [1.807, 2.05) is 0 Å². The highest BCUT2D eigenvalue weighted by atomic mass is 32.1. The highest BCUT2D eigenvalue weighted by Gasteiger charge is 2.39. The number of hydrogen-bond acceptors (Lipinski definition) is 5. The summed E-state index contributed by atoms with van der Waals surface area (Å²) in [4.78, 5) is 14.2. The van der Waals surface area contributed by atoms with Crippen LogP contribution in [0.2, 0.25) is 0 Å². The lowest BCUT2D eigenvalue weighted by Gasteiger charge is -2.05. The minimum Gasteiger partial charge on any atom is -0.462 e. The zero-order valence-corrected chi connectivity index (χ0v) is 9.82. The summed E-state index contributed by atoms with van der Waals surface area (Å²) in [5.74, 6) is -0.999. The van der Waals surface area contributed by atoms with Gasteiger partial charge in [-0.25, -0.2) is 9.78 Å². The number of nitrogens with two attached hydrogens (primary N) is 1. The summed E-state index contributed by atoms with van der Waals surface area (Å²) >= 11 is 0.673. The van der Waals surface area contributed by atoms with E-state index in [0.717, 1.165) is 0 Å². The fraction of sp³-hybridized carbons (Fsp3) is 0.556. The van der Waals surface area contributed by atoms with Crippen LogP contribution in [0.15, 0.2) is 0 Å². The molecule has 96 valence electrons. The molecule has 0 amide bonds. The SMILES string of the molecule is CCOC(=O)c1sc(CCN)nc1C(F)(F)F. The maximum Gasteiger partial charge on any atom is 0.435 e. The predicted octanol–water partition coefficient (Wildman–Crippen LogP) is 1.84. The van der Waals surface area contributed by atoms with E-state index >= 15 is 0 Å². The van der Waals surface area contributed by atoms with Crippen LogP contribution >= 0.6 is 11.3 Å². The third-order valence-corrected chi connectivity index (χ3v) is 2.85. The molecule has 1 heterocycles. The number of nitrogens with zero attached hydrogens (tertiary/aromatic N) is 1. The highest BCUT2D eigenvalue weighted by Crippen LogP contribution is 2.34. The summed E-state index contributed by atoms with van der Waals surface area (Å²) in [6, 6.07) is 0. The minimum atomic E-state index is -4.66. The number of ether oxygens (including phenoxy) is 1. The van der Waals surface area contributed by atoms with Crippen molar-refractivity contribution in [3.8, 4) is 0 Å². The second kappa shape index (κ2) is 5.46. The first-order valence-corrected chi connectivity index (χ1v) is 5.65. The smallest absolute Gasteiger partial charge is 0.435 e. The van der Waals surface area contributed by atoms with Crippen LogP contribution in [0.4, 0.5) is 13.2 Å². The van der Waals surface area contributed by atoms with Gasteiger partial charge in [0.2, 0.25) is 0 Å². The molecule has 0 saturated carbocycles. The Balaban J connectivity index is 3.12. The van der Waals surface area contributed by atoms with Crippen molar-refractivity contribution in [2.24, 2.45) is 5.73 Å². The minimum absolute atomic E-state index is 0.0141. The Morgan fingerprint density at radius 2 is 2.18 bits per heavy atom. The van der Waals surface area contributed by atoms with Gasteiger partial charge < -0.3 is 10.5 Å². The van der Waals surface area contributed by atoms with E-state index < -0.39 is 22.7 Å². The van der Waals surface area contributed by atoms with Gasteiger partial charge >= 0.3 is 12.1 Å². The van der Waals surface area contributed by atoms with Crippen molar-refractivity contribution in [1.29, 1.82) is 0 Å². The number of thiazole rings is 1. The molecule has 8 heteroatoms. The molecule has 0 spiro atoms. The number of esters is 1. The van der Waals surface area contributed by atoms with Gasteiger partial charge in [0, 0.05) is 6.42 Å². The van der Waals surface area contributed by atoms with Gasteiger partial charge in [-0.3, -0.25) is 0 Å². The Labute approximate surface area is 99.6 Å². The average Bonchev–Trinajstić information content (AvgIpc) is 2.62. The molecule has 1 rings (SSSR count). The Morgan fingerprint density at radius 3 is 2.65 bits per heavy atom. The summed E-state index contributed by atoms with van der Waals surface area (Å²) in [6.07, 6.45) is -4.46. The molecule has 0 fully saturated rings. The number of hydrogen-bond donors (Lipinski definition) is 1. The Kier molecular flexibility index (Phi) is 4.47. The van der Waals surface area contributed by atoms with Crippen molar-refractivity contribution >= 4 is 17.3 Å². The van der Waals surface area contributed by atoms with Gasteiger partial charge in [-0.2, -0.15) is 13.2 Å². The largest absolute Gasteiger partial charge is 0.462 e. The fourth-order valence-corrected chi connectivity index (χ4v) is 2.11. The standard InChI is InChI=1S/C9H11F3N2O2S/c1-2-16-8(15)6-7(9(10,11)12)14-5(17-6)3-4-13/h2-4,13H2,1H3. The van der Waals surface area contributed by atoms with E-state index in [9.17, 15) is 18.0 Å². The molecular formula is C9H11F3N2O2S. The number of carbonyl (C=O) groups is 1. The maximum absolute atomic E-state index is 12.6. The van der Waals surface area contributed by atoms with Gasteiger partial charge in [-0.1, -0.05) is 0 Å². The monoisotopic (exact) mass is 268 g/mol. The van der Waals surface area contributed by atoms with Crippen LogP contribution in [-0.2, 0) is 17.3 Å². The normalized spacial score (nSPS) is 11.6. The van der Waals surface area contributed by atoms with Crippen LogP contribution in [-0.4, -0.2) is 24.1 Å². The van der Waals surface area contributed by atoms with Crippen LogP contribution in [0.5, 0.6) is 0 Å². The number of rotatable bonds is 4. The lowest BCUT2D eigenvalue weighted by molar-refractivity contribution is -0.141. The van der Waals surface area contributed by atoms with Gasteiger partial charge in [0.15, 0.2) is 5.69 Å². The summed E-state index contributed by atoms with van der Waals surface area (Å²) in [5, 5.41) is 0.183. The van der Waals surface area contributed by atoms with Gasteiger partial charge in [-0.05, 0) is 13.5 Å². The molecule has 0 bridgehead atoms. The molecule has 0 atom stereocenters. The van der Waals surface area contributed by atoms with Gasteiger partial charge in [0.25, 0.3) is 0 Å². The Hall–Kier alpha value is -1.15. The predicted molar refractivity (Wildman–Crippen MR) is 55.8 cm³/mol. The second-order valence-corrected chi connectivity index (χ2v) is 4.13. The Bertz CT molecular complexity index is 403. The molecule has 0 aromatic carbocycles. The number of alkyl halides is 3. The highest BCUT2D eigenvalue weighted by molar-refractivity contribution is 7.13. The summed E-state index contributed by atoms with van der Waals surface area (Å²) in [7, 11) is 0. The lowest BCUT2D eigenvalue weighted by Crippen LogP contribution is -2.13. The lowest BCUT2D eigenvalue weighted by atomic mass is 10.3. The van der Waals surface area contributed by atoms with E-state index in [1.165, 1.54) is 6.92 Å². The first-order valence-electron chi connectivity index (χ1n) is 4.84. The van der Waals surface area contributed by atoms with Crippen molar-refractivity contribution in [2.45, 2.75) is 19.5 Å². The van der Waals surface area contributed by atoms with Crippen LogP contribution in [0.3, 0.4) is 0 Å². The molecule has 2 N–H and O–H groups in total. The van der Waals surface area contributed by atoms with Crippen molar-refractivity contribution in [3.05, 3.63) is 15.6 Å². The van der Waals surface area contributed by atoms with E-state index in [2.05, 4.69) is 9.72 Å². The van der Waals surface area contributed by atoms with E-state index in [-0.39, 0.29) is 24.6 Å². The third-order valence-electron chi connectivity index (χ3n) is 1.76. The van der Waals surface area contributed by atoms with Crippen molar-refractivity contribution in [2.75, 3.05) is 13.2 Å². The van der Waals surface area contributed by atoms with E-state index in [0.29, 0.717) is 11.3 Å². The number of carbonyl (C=O) groups excluding carboxylic acids is 1. The van der Waals surface area contributed by atoms with E-state index in [4.69, 9.17) is 5.73 Å². The molecule has 0 unspecified atom stereocenters. The number of aromatic nitrogens is 1. The molecule has 1 aromatic rings. The van der Waals surface area contributed by atoms with Gasteiger partial charge in [0.05, 0.1) is 11.6 Å². The average molecular weight is 268 g/mol. The first kappa shape index (κ1) is 13.9.